The molecule has 0 spiro atoms. The van der Waals surface area contributed by atoms with E-state index in [9.17, 15) is 14.9 Å². The third-order valence-electron chi connectivity index (χ3n) is 4.38. The van der Waals surface area contributed by atoms with Gasteiger partial charge in [-0.2, -0.15) is 5.26 Å². The van der Waals surface area contributed by atoms with Gasteiger partial charge in [-0.1, -0.05) is 23.7 Å². The van der Waals surface area contributed by atoms with Gasteiger partial charge in [0.25, 0.3) is 5.69 Å². The summed E-state index contributed by atoms with van der Waals surface area (Å²) in [5.41, 5.74) is 2.53. The molecule has 1 unspecified atom stereocenters. The third-order valence-corrected chi connectivity index (χ3v) is 4.49. The number of halogens is 1. The van der Waals surface area contributed by atoms with Crippen molar-refractivity contribution in [1.82, 2.24) is 0 Å². The Morgan fingerprint density at radius 3 is 2.14 bits per heavy atom. The second-order valence-corrected chi connectivity index (χ2v) is 6.96. The Bertz CT molecular complexity index is 880. The molecule has 0 N–H and O–H groups in total. The van der Waals surface area contributed by atoms with Crippen LogP contribution in [0.2, 0.25) is 0 Å². The third kappa shape index (κ3) is 7.07. The first kappa shape index (κ1) is 22.1. The van der Waals surface area contributed by atoms with Crippen LogP contribution in [0.25, 0.3) is 0 Å². The lowest BCUT2D eigenvalue weighted by Crippen LogP contribution is -2.45. The molecule has 0 fully saturated rings. The number of carbonyl (C=O) groups is 1. The van der Waals surface area contributed by atoms with E-state index in [0.29, 0.717) is 29.7 Å². The minimum atomic E-state index is -0.833. The highest BCUT2D eigenvalue weighted by molar-refractivity contribution is 6.17. The monoisotopic (exact) mass is 418 g/mol. The number of rotatable bonds is 9. The zero-order valence-corrected chi connectivity index (χ0v) is 16.7. The number of nitriles is 1. The van der Waals surface area contributed by atoms with Crippen LogP contribution in [0.15, 0.2) is 48.5 Å². The van der Waals surface area contributed by atoms with Crippen molar-refractivity contribution in [2.24, 2.45) is 0 Å². The number of nitro benzene ring substituents is 1. The van der Waals surface area contributed by atoms with Crippen LogP contribution in [0, 0.1) is 21.4 Å². The number of ether oxygens (including phenoxy) is 2. The molecule has 9 heteroatoms. The molecule has 8 nitrogen and oxygen atoms in total. The Balaban J connectivity index is 2.14. The predicted molar refractivity (Wildman–Crippen MR) is 106 cm³/mol. The summed E-state index contributed by atoms with van der Waals surface area (Å²) < 4.78 is 10.1. The van der Waals surface area contributed by atoms with Gasteiger partial charge < -0.3 is 14.0 Å². The van der Waals surface area contributed by atoms with E-state index in [1.807, 2.05) is 19.2 Å². The van der Waals surface area contributed by atoms with Crippen molar-refractivity contribution in [3.63, 3.8) is 0 Å². The normalized spacial score (nSPS) is 12.4. The average molecular weight is 419 g/mol. The summed E-state index contributed by atoms with van der Waals surface area (Å²) in [4.78, 5) is 21.8. The molecular formula is C20H21ClN3O5+. The molecule has 1 atom stereocenters. The van der Waals surface area contributed by atoms with Crippen LogP contribution < -0.4 is 0 Å². The second-order valence-electron chi connectivity index (χ2n) is 6.74. The maximum atomic E-state index is 11.4. The zero-order valence-electron chi connectivity index (χ0n) is 15.9. The first-order valence-corrected chi connectivity index (χ1v) is 9.30. The smallest absolute Gasteiger partial charge is 0.428 e. The number of nitrogens with zero attached hydrogens (tertiary/aromatic N) is 3. The highest BCUT2D eigenvalue weighted by Crippen LogP contribution is 2.20. The van der Waals surface area contributed by atoms with Gasteiger partial charge in [-0.15, -0.1) is 0 Å². The molecule has 0 radical (unpaired) electrons. The van der Waals surface area contributed by atoms with Gasteiger partial charge in [-0.05, 0) is 24.3 Å². The maximum Gasteiger partial charge on any atom is 0.509 e. The summed E-state index contributed by atoms with van der Waals surface area (Å²) in [5.74, 6) is 0. The summed E-state index contributed by atoms with van der Waals surface area (Å²) in [6.45, 7) is 1.77. The lowest BCUT2D eigenvalue weighted by molar-refractivity contribution is -0.935. The minimum Gasteiger partial charge on any atom is -0.428 e. The summed E-state index contributed by atoms with van der Waals surface area (Å²) >= 11 is 5.34. The second kappa shape index (κ2) is 10.4. The van der Waals surface area contributed by atoms with Crippen molar-refractivity contribution in [1.29, 1.82) is 5.26 Å². The van der Waals surface area contributed by atoms with E-state index in [4.69, 9.17) is 21.6 Å². The first-order chi connectivity index (χ1) is 13.8. The number of benzene rings is 2. The largest absolute Gasteiger partial charge is 0.509 e. The zero-order chi connectivity index (χ0) is 21.3. The van der Waals surface area contributed by atoms with E-state index in [2.05, 4.69) is 10.8 Å². The average Bonchev–Trinajstić information content (AvgIpc) is 2.69. The quantitative estimate of drug-likeness (QED) is 0.201. The number of non-ortho nitro benzene ring substituents is 1. The van der Waals surface area contributed by atoms with E-state index in [1.165, 1.54) is 12.1 Å². The fourth-order valence-electron chi connectivity index (χ4n) is 2.94. The minimum absolute atomic E-state index is 0.0298. The van der Waals surface area contributed by atoms with E-state index in [1.54, 1.807) is 24.3 Å². The van der Waals surface area contributed by atoms with Gasteiger partial charge in [-0.3, -0.25) is 10.1 Å². The molecule has 0 aliphatic carbocycles. The number of alkyl halides is 1. The Labute approximate surface area is 173 Å². The fourth-order valence-corrected chi connectivity index (χ4v) is 3.03. The first-order valence-electron chi connectivity index (χ1n) is 8.77. The van der Waals surface area contributed by atoms with E-state index in [-0.39, 0.29) is 18.4 Å². The molecule has 0 aliphatic rings. The summed E-state index contributed by atoms with van der Waals surface area (Å²) in [6.07, 6.45) is -0.833. The van der Waals surface area contributed by atoms with E-state index < -0.39 is 11.1 Å². The van der Waals surface area contributed by atoms with Crippen molar-refractivity contribution in [3.05, 3.63) is 75.3 Å². The van der Waals surface area contributed by atoms with Crippen LogP contribution in [0.3, 0.4) is 0 Å². The van der Waals surface area contributed by atoms with Crippen LogP contribution in [-0.2, 0) is 22.6 Å². The molecule has 0 aliphatic heterocycles. The summed E-state index contributed by atoms with van der Waals surface area (Å²) in [6, 6.07) is 15.4. The van der Waals surface area contributed by atoms with Crippen LogP contribution in [0.1, 0.15) is 16.7 Å². The standard InChI is InChI=1S/C20H21ClN3O5/c1-24(10-11-28-20(25)29-15-21,13-17-4-2-16(12-22)3-5-17)14-18-6-8-19(9-7-18)23(26)27/h2-9H,10-11,13-15H2,1H3/q+1. The van der Waals surface area contributed by atoms with Crippen LogP contribution in [0.5, 0.6) is 0 Å². The molecule has 2 aromatic carbocycles. The highest BCUT2D eigenvalue weighted by atomic mass is 35.5. The van der Waals surface area contributed by atoms with Gasteiger partial charge in [0.15, 0.2) is 6.07 Å². The molecule has 0 aromatic heterocycles. The summed E-state index contributed by atoms with van der Waals surface area (Å²) in [7, 11) is 2.00. The topological polar surface area (TPSA) is 102 Å². The van der Waals surface area contributed by atoms with E-state index in [0.717, 1.165) is 11.1 Å². The number of hydrogen-bond donors (Lipinski definition) is 0. The van der Waals surface area contributed by atoms with Crippen LogP contribution in [-0.4, -0.2) is 41.8 Å². The SMILES string of the molecule is C[N+](CCOC(=O)OCCl)(Cc1ccc(C#N)cc1)Cc1ccc([N+](=O)[O-])cc1. The molecule has 0 amide bonds. The van der Waals surface area contributed by atoms with Crippen LogP contribution >= 0.6 is 11.6 Å². The highest BCUT2D eigenvalue weighted by Gasteiger charge is 2.24. The van der Waals surface area contributed by atoms with Crippen molar-refractivity contribution >= 4 is 23.4 Å². The molecule has 0 saturated heterocycles. The van der Waals surface area contributed by atoms with Crippen molar-refractivity contribution < 1.29 is 23.7 Å². The molecule has 0 bridgehead atoms. The molecule has 0 saturated carbocycles. The number of quaternary nitrogens is 1. The van der Waals surface area contributed by atoms with E-state index >= 15 is 0 Å². The number of nitro groups is 1. The van der Waals surface area contributed by atoms with Crippen molar-refractivity contribution in [2.45, 2.75) is 13.1 Å². The number of carbonyl (C=O) groups excluding carboxylic acids is 1. The maximum absolute atomic E-state index is 11.4. The molecule has 2 aromatic rings. The molecular weight excluding hydrogens is 398 g/mol. The van der Waals surface area contributed by atoms with Crippen molar-refractivity contribution in [3.8, 4) is 6.07 Å². The Morgan fingerprint density at radius 1 is 1.10 bits per heavy atom. The Kier molecular flexibility index (Phi) is 7.95. The van der Waals surface area contributed by atoms with Gasteiger partial charge >= 0.3 is 6.16 Å². The van der Waals surface area contributed by atoms with Gasteiger partial charge in [0, 0.05) is 23.3 Å². The van der Waals surface area contributed by atoms with Crippen molar-refractivity contribution in [2.75, 3.05) is 26.3 Å². The van der Waals surface area contributed by atoms with Gasteiger partial charge in [0.2, 0.25) is 0 Å². The molecule has 0 heterocycles. The molecule has 152 valence electrons. The van der Waals surface area contributed by atoms with Crippen LogP contribution in [0.4, 0.5) is 10.5 Å². The number of hydrogen-bond acceptors (Lipinski definition) is 6. The van der Waals surface area contributed by atoms with Gasteiger partial charge in [0.05, 0.1) is 23.6 Å². The lowest BCUT2D eigenvalue weighted by Gasteiger charge is -2.34. The predicted octanol–water partition coefficient (Wildman–Crippen LogP) is 3.96. The molecule has 29 heavy (non-hydrogen) atoms. The fraction of sp³-hybridized carbons (Fsp3) is 0.300. The summed E-state index contributed by atoms with van der Waals surface area (Å²) in [5, 5.41) is 19.8. The van der Waals surface area contributed by atoms with Gasteiger partial charge in [-0.25, -0.2) is 4.79 Å². The van der Waals surface area contributed by atoms with Gasteiger partial charge in [0.1, 0.15) is 26.2 Å². The Hall–Kier alpha value is -3.15. The Morgan fingerprint density at radius 2 is 1.66 bits per heavy atom. The number of likely N-dealkylation sites (N-methyl/N-ethyl adjacent to an activating group) is 1. The molecule has 2 rings (SSSR count). The lowest BCUT2D eigenvalue weighted by atomic mass is 10.1.